The zero-order chi connectivity index (χ0) is 13.9. The Bertz CT molecular complexity index is 498. The Morgan fingerprint density at radius 2 is 2.15 bits per heavy atom. The summed E-state index contributed by atoms with van der Waals surface area (Å²) in [5.74, 6) is 0.0794. The SMILES string of the molecule is NCCN1CNc2ccc(C(=O)N3CCOCC3)cc21. The van der Waals surface area contributed by atoms with Crippen molar-refractivity contribution in [3.05, 3.63) is 23.8 Å². The van der Waals surface area contributed by atoms with Gasteiger partial charge in [0.05, 0.1) is 31.3 Å². The molecule has 6 nitrogen and oxygen atoms in total. The smallest absolute Gasteiger partial charge is 0.254 e. The van der Waals surface area contributed by atoms with Crippen molar-refractivity contribution in [1.29, 1.82) is 0 Å². The third-order valence-electron chi connectivity index (χ3n) is 3.74. The van der Waals surface area contributed by atoms with E-state index < -0.39 is 0 Å². The average Bonchev–Trinajstić information content (AvgIpc) is 2.90. The number of rotatable bonds is 3. The van der Waals surface area contributed by atoms with Gasteiger partial charge in [-0.1, -0.05) is 0 Å². The van der Waals surface area contributed by atoms with Crippen LogP contribution in [-0.4, -0.2) is 56.9 Å². The molecule has 0 aliphatic carbocycles. The van der Waals surface area contributed by atoms with Crippen LogP contribution < -0.4 is 16.0 Å². The van der Waals surface area contributed by atoms with Crippen molar-refractivity contribution in [2.24, 2.45) is 5.73 Å². The van der Waals surface area contributed by atoms with Gasteiger partial charge in [0, 0.05) is 31.7 Å². The Morgan fingerprint density at radius 1 is 1.35 bits per heavy atom. The van der Waals surface area contributed by atoms with Gasteiger partial charge in [-0.25, -0.2) is 0 Å². The highest BCUT2D eigenvalue weighted by Gasteiger charge is 2.23. The lowest BCUT2D eigenvalue weighted by Gasteiger charge is -2.27. The van der Waals surface area contributed by atoms with Crippen molar-refractivity contribution in [1.82, 2.24) is 4.90 Å². The fourth-order valence-electron chi connectivity index (χ4n) is 2.65. The van der Waals surface area contributed by atoms with Gasteiger partial charge in [0.2, 0.25) is 0 Å². The number of benzene rings is 1. The highest BCUT2D eigenvalue weighted by Crippen LogP contribution is 2.32. The molecule has 2 aliphatic rings. The van der Waals surface area contributed by atoms with E-state index in [9.17, 15) is 4.79 Å². The average molecular weight is 276 g/mol. The molecule has 1 saturated heterocycles. The summed E-state index contributed by atoms with van der Waals surface area (Å²) >= 11 is 0. The van der Waals surface area contributed by atoms with Crippen molar-refractivity contribution >= 4 is 17.3 Å². The minimum atomic E-state index is 0.0794. The predicted octanol–water partition coefficient (Wildman–Crippen LogP) is 0.307. The Labute approximate surface area is 118 Å². The van der Waals surface area contributed by atoms with Crippen LogP contribution in [0.4, 0.5) is 11.4 Å². The van der Waals surface area contributed by atoms with E-state index in [0.717, 1.165) is 30.2 Å². The number of morpholine rings is 1. The lowest BCUT2D eigenvalue weighted by atomic mass is 10.1. The number of hydrogen-bond acceptors (Lipinski definition) is 5. The van der Waals surface area contributed by atoms with Crippen molar-refractivity contribution < 1.29 is 9.53 Å². The molecule has 6 heteroatoms. The second-order valence-electron chi connectivity index (χ2n) is 5.02. The number of anilines is 2. The summed E-state index contributed by atoms with van der Waals surface area (Å²) in [6.07, 6.45) is 0. The van der Waals surface area contributed by atoms with Crippen LogP contribution in [-0.2, 0) is 4.74 Å². The number of nitrogens with two attached hydrogens (primary N) is 1. The largest absolute Gasteiger partial charge is 0.378 e. The molecular weight excluding hydrogens is 256 g/mol. The molecule has 1 aromatic rings. The third kappa shape index (κ3) is 2.44. The van der Waals surface area contributed by atoms with E-state index in [2.05, 4.69) is 10.2 Å². The van der Waals surface area contributed by atoms with Crippen molar-refractivity contribution in [2.45, 2.75) is 0 Å². The lowest BCUT2D eigenvalue weighted by molar-refractivity contribution is 0.0303. The van der Waals surface area contributed by atoms with Crippen LogP contribution in [0, 0.1) is 0 Å². The third-order valence-corrected chi connectivity index (χ3v) is 3.74. The van der Waals surface area contributed by atoms with Crippen LogP contribution in [0.5, 0.6) is 0 Å². The zero-order valence-electron chi connectivity index (χ0n) is 11.5. The van der Waals surface area contributed by atoms with Crippen molar-refractivity contribution in [3.63, 3.8) is 0 Å². The van der Waals surface area contributed by atoms with E-state index in [-0.39, 0.29) is 5.91 Å². The van der Waals surface area contributed by atoms with Crippen LogP contribution in [0.2, 0.25) is 0 Å². The molecule has 0 spiro atoms. The molecule has 2 aliphatic heterocycles. The van der Waals surface area contributed by atoms with Gasteiger partial charge in [0.25, 0.3) is 5.91 Å². The van der Waals surface area contributed by atoms with Crippen molar-refractivity contribution in [2.75, 3.05) is 56.3 Å². The Kier molecular flexibility index (Phi) is 3.75. The molecule has 2 heterocycles. The van der Waals surface area contributed by atoms with Crippen LogP contribution in [0.3, 0.4) is 0 Å². The van der Waals surface area contributed by atoms with E-state index >= 15 is 0 Å². The number of hydrogen-bond donors (Lipinski definition) is 2. The van der Waals surface area contributed by atoms with Gasteiger partial charge < -0.3 is 25.6 Å². The molecule has 20 heavy (non-hydrogen) atoms. The summed E-state index contributed by atoms with van der Waals surface area (Å²) in [5.41, 5.74) is 8.49. The minimum absolute atomic E-state index is 0.0794. The molecule has 0 atom stereocenters. The van der Waals surface area contributed by atoms with Crippen LogP contribution in [0.15, 0.2) is 18.2 Å². The number of carbonyl (C=O) groups is 1. The van der Waals surface area contributed by atoms with Gasteiger partial charge in [0.15, 0.2) is 0 Å². The molecule has 1 fully saturated rings. The molecular formula is C14H20N4O2. The summed E-state index contributed by atoms with van der Waals surface area (Å²) in [6.45, 7) is 4.72. The standard InChI is InChI=1S/C14H20N4O2/c15-3-4-18-10-16-12-2-1-11(9-13(12)18)14(19)17-5-7-20-8-6-17/h1-2,9,16H,3-8,10,15H2. The molecule has 0 unspecified atom stereocenters. The Balaban J connectivity index is 1.80. The summed E-state index contributed by atoms with van der Waals surface area (Å²) in [7, 11) is 0. The maximum atomic E-state index is 12.5. The van der Waals surface area contributed by atoms with Gasteiger partial charge >= 0.3 is 0 Å². The van der Waals surface area contributed by atoms with E-state index in [1.165, 1.54) is 0 Å². The molecule has 1 aromatic carbocycles. The lowest BCUT2D eigenvalue weighted by Crippen LogP contribution is -2.40. The molecule has 0 saturated carbocycles. The maximum Gasteiger partial charge on any atom is 0.254 e. The molecule has 3 N–H and O–H groups in total. The number of nitrogens with one attached hydrogen (secondary N) is 1. The van der Waals surface area contributed by atoms with Gasteiger partial charge in [0.1, 0.15) is 0 Å². The summed E-state index contributed by atoms with van der Waals surface area (Å²) < 4.78 is 5.28. The van der Waals surface area contributed by atoms with Crippen LogP contribution in [0.25, 0.3) is 0 Å². The summed E-state index contributed by atoms with van der Waals surface area (Å²) in [5, 5.41) is 3.31. The first kappa shape index (κ1) is 13.2. The molecule has 108 valence electrons. The van der Waals surface area contributed by atoms with Crippen molar-refractivity contribution in [3.8, 4) is 0 Å². The topological polar surface area (TPSA) is 70.8 Å². The predicted molar refractivity (Wildman–Crippen MR) is 78.1 cm³/mol. The molecule has 0 aromatic heterocycles. The normalized spacial score (nSPS) is 17.9. The van der Waals surface area contributed by atoms with E-state index in [4.69, 9.17) is 10.5 Å². The number of fused-ring (bicyclic) bond motifs is 1. The second-order valence-corrected chi connectivity index (χ2v) is 5.02. The Morgan fingerprint density at radius 3 is 2.90 bits per heavy atom. The van der Waals surface area contributed by atoms with Gasteiger partial charge in [-0.05, 0) is 18.2 Å². The molecule has 0 bridgehead atoms. The second kappa shape index (κ2) is 5.68. The number of ether oxygens (including phenoxy) is 1. The zero-order valence-corrected chi connectivity index (χ0v) is 11.5. The quantitative estimate of drug-likeness (QED) is 0.831. The minimum Gasteiger partial charge on any atom is -0.378 e. The highest BCUT2D eigenvalue weighted by atomic mass is 16.5. The monoisotopic (exact) mass is 276 g/mol. The molecule has 1 amide bonds. The van der Waals surface area contributed by atoms with Crippen LogP contribution in [0.1, 0.15) is 10.4 Å². The van der Waals surface area contributed by atoms with Gasteiger partial charge in [-0.15, -0.1) is 0 Å². The number of nitrogens with zero attached hydrogens (tertiary/aromatic N) is 2. The van der Waals surface area contributed by atoms with Crippen LogP contribution >= 0.6 is 0 Å². The van der Waals surface area contributed by atoms with Gasteiger partial charge in [-0.3, -0.25) is 4.79 Å². The fourth-order valence-corrected chi connectivity index (χ4v) is 2.65. The van der Waals surface area contributed by atoms with E-state index in [0.29, 0.717) is 32.8 Å². The first-order chi connectivity index (χ1) is 9.79. The maximum absolute atomic E-state index is 12.5. The molecule has 3 rings (SSSR count). The highest BCUT2D eigenvalue weighted by molar-refractivity contribution is 5.97. The summed E-state index contributed by atoms with van der Waals surface area (Å²) in [6, 6.07) is 5.82. The Hall–Kier alpha value is -1.79. The summed E-state index contributed by atoms with van der Waals surface area (Å²) in [4.78, 5) is 16.5. The fraction of sp³-hybridized carbons (Fsp3) is 0.500. The van der Waals surface area contributed by atoms with E-state index in [1.54, 1.807) is 0 Å². The molecule has 0 radical (unpaired) electrons. The number of carbonyl (C=O) groups excluding carboxylic acids is 1. The van der Waals surface area contributed by atoms with Gasteiger partial charge in [-0.2, -0.15) is 0 Å². The number of amides is 1. The first-order valence-corrected chi connectivity index (χ1v) is 6.99. The first-order valence-electron chi connectivity index (χ1n) is 6.99. The van der Waals surface area contributed by atoms with E-state index in [1.807, 2.05) is 23.1 Å².